The van der Waals surface area contributed by atoms with Crippen molar-refractivity contribution in [2.24, 2.45) is 5.92 Å². The Hall–Kier alpha value is -2.65. The number of benzene rings is 1. The number of furan rings is 1. The Bertz CT molecular complexity index is 958. The average molecular weight is 405 g/mol. The Labute approximate surface area is 163 Å². The second-order valence-electron chi connectivity index (χ2n) is 6.91. The molecule has 28 heavy (non-hydrogen) atoms. The standard InChI is InChI=1S/C19H23N3O5S/c1-13-7-10-22(11-8-13)28(25,26)16-5-3-15(4-6-16)18(23)20-21-19(24)17-9-12-27-14(17)2/h3-6,9,12-13H,7-8,10-11H2,1-2H3,(H,20,23)(H,21,24). The monoisotopic (exact) mass is 405 g/mol. The van der Waals surface area contributed by atoms with E-state index < -0.39 is 21.8 Å². The largest absolute Gasteiger partial charge is 0.469 e. The quantitative estimate of drug-likeness (QED) is 0.757. The van der Waals surface area contributed by atoms with Gasteiger partial charge in [-0.25, -0.2) is 8.42 Å². The van der Waals surface area contributed by atoms with E-state index in [4.69, 9.17) is 4.42 Å². The van der Waals surface area contributed by atoms with Crippen LogP contribution in [0, 0.1) is 12.8 Å². The second-order valence-corrected chi connectivity index (χ2v) is 8.85. The van der Waals surface area contributed by atoms with Gasteiger partial charge >= 0.3 is 0 Å². The van der Waals surface area contributed by atoms with Crippen LogP contribution in [0.4, 0.5) is 0 Å². The number of nitrogens with zero attached hydrogens (tertiary/aromatic N) is 1. The average Bonchev–Trinajstić information content (AvgIpc) is 3.12. The zero-order valence-corrected chi connectivity index (χ0v) is 16.6. The van der Waals surface area contributed by atoms with E-state index in [2.05, 4.69) is 17.8 Å². The SMILES string of the molecule is Cc1occc1C(=O)NNC(=O)c1ccc(S(=O)(=O)N2CCC(C)CC2)cc1. The minimum absolute atomic E-state index is 0.150. The maximum Gasteiger partial charge on any atom is 0.273 e. The second kappa shape index (κ2) is 8.15. The highest BCUT2D eigenvalue weighted by atomic mass is 32.2. The molecule has 0 atom stereocenters. The predicted octanol–water partition coefficient (Wildman–Crippen LogP) is 2.08. The van der Waals surface area contributed by atoms with Crippen molar-refractivity contribution in [1.82, 2.24) is 15.2 Å². The number of hydrogen-bond donors (Lipinski definition) is 2. The van der Waals surface area contributed by atoms with Crippen molar-refractivity contribution in [3.63, 3.8) is 0 Å². The fourth-order valence-corrected chi connectivity index (χ4v) is 4.50. The molecular formula is C19H23N3O5S. The van der Waals surface area contributed by atoms with Crippen LogP contribution in [-0.4, -0.2) is 37.6 Å². The third-order valence-electron chi connectivity index (χ3n) is 4.89. The Morgan fingerprint density at radius 3 is 2.21 bits per heavy atom. The number of aryl methyl sites for hydroxylation is 1. The van der Waals surface area contributed by atoms with Gasteiger partial charge in [0.25, 0.3) is 11.8 Å². The number of sulfonamides is 1. The smallest absolute Gasteiger partial charge is 0.273 e. The van der Waals surface area contributed by atoms with Crippen LogP contribution in [0.1, 0.15) is 46.2 Å². The van der Waals surface area contributed by atoms with Gasteiger partial charge in [-0.1, -0.05) is 6.92 Å². The topological polar surface area (TPSA) is 109 Å². The molecule has 1 saturated heterocycles. The molecule has 1 aliphatic rings. The molecule has 8 nitrogen and oxygen atoms in total. The van der Waals surface area contributed by atoms with Gasteiger partial charge in [0.1, 0.15) is 5.76 Å². The van der Waals surface area contributed by atoms with Crippen LogP contribution in [-0.2, 0) is 10.0 Å². The lowest BCUT2D eigenvalue weighted by Gasteiger charge is -2.29. The van der Waals surface area contributed by atoms with E-state index in [-0.39, 0.29) is 10.5 Å². The normalized spacial score (nSPS) is 15.9. The molecule has 0 spiro atoms. The molecule has 0 radical (unpaired) electrons. The first-order chi connectivity index (χ1) is 13.3. The van der Waals surface area contributed by atoms with Crippen molar-refractivity contribution in [1.29, 1.82) is 0 Å². The van der Waals surface area contributed by atoms with Crippen molar-refractivity contribution in [3.05, 3.63) is 53.5 Å². The van der Waals surface area contributed by atoms with Crippen LogP contribution in [0.15, 0.2) is 45.9 Å². The molecular weight excluding hydrogens is 382 g/mol. The minimum Gasteiger partial charge on any atom is -0.469 e. The highest BCUT2D eigenvalue weighted by Gasteiger charge is 2.28. The van der Waals surface area contributed by atoms with E-state index in [1.54, 1.807) is 6.92 Å². The fraction of sp³-hybridized carbons (Fsp3) is 0.368. The van der Waals surface area contributed by atoms with Gasteiger partial charge in [-0.3, -0.25) is 20.4 Å². The molecule has 1 aliphatic heterocycles. The van der Waals surface area contributed by atoms with Gasteiger partial charge in [0.2, 0.25) is 10.0 Å². The number of rotatable bonds is 4. The summed E-state index contributed by atoms with van der Waals surface area (Å²) in [6.45, 7) is 4.76. The zero-order chi connectivity index (χ0) is 20.3. The summed E-state index contributed by atoms with van der Waals surface area (Å²) in [6.07, 6.45) is 3.07. The first-order valence-electron chi connectivity index (χ1n) is 9.04. The van der Waals surface area contributed by atoms with Crippen molar-refractivity contribution in [2.75, 3.05) is 13.1 Å². The number of carbonyl (C=O) groups excluding carboxylic acids is 2. The fourth-order valence-electron chi connectivity index (χ4n) is 3.03. The first-order valence-corrected chi connectivity index (χ1v) is 10.5. The van der Waals surface area contributed by atoms with Gasteiger partial charge in [0, 0.05) is 18.7 Å². The van der Waals surface area contributed by atoms with Crippen LogP contribution in [0.25, 0.3) is 0 Å². The number of hydrogen-bond acceptors (Lipinski definition) is 5. The maximum atomic E-state index is 12.7. The molecule has 150 valence electrons. The molecule has 0 aliphatic carbocycles. The molecule has 0 unspecified atom stereocenters. The summed E-state index contributed by atoms with van der Waals surface area (Å²) in [6, 6.07) is 7.15. The van der Waals surface area contributed by atoms with E-state index in [0.717, 1.165) is 12.8 Å². The lowest BCUT2D eigenvalue weighted by molar-refractivity contribution is 0.0845. The molecule has 1 aromatic carbocycles. The van der Waals surface area contributed by atoms with Gasteiger partial charge < -0.3 is 4.42 Å². The zero-order valence-electron chi connectivity index (χ0n) is 15.8. The van der Waals surface area contributed by atoms with E-state index in [1.807, 2.05) is 0 Å². The Kier molecular flexibility index (Phi) is 5.85. The van der Waals surface area contributed by atoms with Gasteiger partial charge in [0.15, 0.2) is 0 Å². The number of nitrogens with one attached hydrogen (secondary N) is 2. The predicted molar refractivity (Wildman–Crippen MR) is 102 cm³/mol. The van der Waals surface area contributed by atoms with E-state index >= 15 is 0 Å². The summed E-state index contributed by atoms with van der Waals surface area (Å²) in [4.78, 5) is 24.3. The highest BCUT2D eigenvalue weighted by molar-refractivity contribution is 7.89. The number of carbonyl (C=O) groups is 2. The third kappa shape index (κ3) is 4.26. The number of amides is 2. The molecule has 0 saturated carbocycles. The Morgan fingerprint density at radius 1 is 1.04 bits per heavy atom. The summed E-state index contributed by atoms with van der Waals surface area (Å²) in [5, 5.41) is 0. The first kappa shape index (κ1) is 20.1. The Morgan fingerprint density at radius 2 is 1.64 bits per heavy atom. The van der Waals surface area contributed by atoms with Crippen LogP contribution in [0.3, 0.4) is 0 Å². The van der Waals surface area contributed by atoms with Gasteiger partial charge in [-0.15, -0.1) is 0 Å². The molecule has 9 heteroatoms. The minimum atomic E-state index is -3.57. The number of piperidine rings is 1. The molecule has 0 bridgehead atoms. The van der Waals surface area contributed by atoms with E-state index in [9.17, 15) is 18.0 Å². The third-order valence-corrected chi connectivity index (χ3v) is 6.80. The van der Waals surface area contributed by atoms with E-state index in [1.165, 1.54) is 40.9 Å². The molecule has 2 N–H and O–H groups in total. The molecule has 1 aromatic heterocycles. The van der Waals surface area contributed by atoms with Crippen LogP contribution < -0.4 is 10.9 Å². The highest BCUT2D eigenvalue weighted by Crippen LogP contribution is 2.23. The lowest BCUT2D eigenvalue weighted by Crippen LogP contribution is -2.41. The molecule has 2 amide bonds. The van der Waals surface area contributed by atoms with Crippen molar-refractivity contribution in [3.8, 4) is 0 Å². The van der Waals surface area contributed by atoms with Crippen LogP contribution in [0.5, 0.6) is 0 Å². The lowest BCUT2D eigenvalue weighted by atomic mass is 10.0. The summed E-state index contributed by atoms with van der Waals surface area (Å²) in [5.74, 6) is -0.0876. The summed E-state index contributed by atoms with van der Waals surface area (Å²) < 4.78 is 32.0. The van der Waals surface area contributed by atoms with Crippen LogP contribution in [0.2, 0.25) is 0 Å². The maximum absolute atomic E-state index is 12.7. The van der Waals surface area contributed by atoms with Gasteiger partial charge in [0.05, 0.1) is 16.7 Å². The van der Waals surface area contributed by atoms with Gasteiger partial charge in [-0.05, 0) is 56.0 Å². The summed E-state index contributed by atoms with van der Waals surface area (Å²) >= 11 is 0. The molecule has 3 rings (SSSR count). The van der Waals surface area contributed by atoms with Gasteiger partial charge in [-0.2, -0.15) is 4.31 Å². The van der Waals surface area contributed by atoms with Crippen LogP contribution >= 0.6 is 0 Å². The van der Waals surface area contributed by atoms with E-state index in [0.29, 0.717) is 30.3 Å². The van der Waals surface area contributed by atoms with Crippen molar-refractivity contribution >= 4 is 21.8 Å². The van der Waals surface area contributed by atoms with Crippen molar-refractivity contribution in [2.45, 2.75) is 31.6 Å². The molecule has 1 fully saturated rings. The summed E-state index contributed by atoms with van der Waals surface area (Å²) in [5.41, 5.74) is 5.15. The number of hydrazine groups is 1. The molecule has 2 heterocycles. The Balaban J connectivity index is 1.62. The van der Waals surface area contributed by atoms with Crippen molar-refractivity contribution < 1.29 is 22.4 Å². The summed E-state index contributed by atoms with van der Waals surface area (Å²) in [7, 11) is -3.57. The molecule has 2 aromatic rings.